The van der Waals surface area contributed by atoms with Crippen LogP contribution in [-0.2, 0) is 9.59 Å². The molecule has 0 atom stereocenters. The Hall–Kier alpha value is -2.82. The Kier molecular flexibility index (Phi) is 6.69. The molecular formula is C23H28N2O3. The lowest BCUT2D eigenvalue weighted by Crippen LogP contribution is -2.41. The number of benzene rings is 2. The maximum Gasteiger partial charge on any atom is 0.227 e. The molecule has 0 saturated carbocycles. The Balaban J connectivity index is 1.42. The number of hydrogen-bond acceptors (Lipinski definition) is 3. The van der Waals surface area contributed by atoms with Crippen molar-refractivity contribution < 1.29 is 14.3 Å². The molecule has 0 radical (unpaired) electrons. The van der Waals surface area contributed by atoms with E-state index in [0.717, 1.165) is 22.6 Å². The zero-order valence-electron chi connectivity index (χ0n) is 16.6. The molecule has 5 nitrogen and oxygen atoms in total. The Morgan fingerprint density at radius 3 is 2.46 bits per heavy atom. The number of ether oxygens (including phenoxy) is 1. The molecule has 1 heterocycles. The Morgan fingerprint density at radius 2 is 1.75 bits per heavy atom. The number of nitrogens with one attached hydrogen (secondary N) is 1. The fraction of sp³-hybridized carbons (Fsp3) is 0.391. The highest BCUT2D eigenvalue weighted by Crippen LogP contribution is 2.23. The lowest BCUT2D eigenvalue weighted by molar-refractivity contribution is -0.135. The first kappa shape index (κ1) is 19.9. The van der Waals surface area contributed by atoms with Gasteiger partial charge in [-0.1, -0.05) is 30.3 Å². The van der Waals surface area contributed by atoms with Crippen molar-refractivity contribution in [2.75, 3.05) is 25.0 Å². The third-order valence-corrected chi connectivity index (χ3v) is 5.41. The van der Waals surface area contributed by atoms with Gasteiger partial charge in [0.2, 0.25) is 11.8 Å². The van der Waals surface area contributed by atoms with E-state index in [4.69, 9.17) is 4.74 Å². The second-order valence-electron chi connectivity index (χ2n) is 7.30. The number of hydrogen-bond donors (Lipinski definition) is 1. The van der Waals surface area contributed by atoms with Gasteiger partial charge in [0.15, 0.2) is 0 Å². The van der Waals surface area contributed by atoms with Crippen molar-refractivity contribution >= 4 is 17.5 Å². The summed E-state index contributed by atoms with van der Waals surface area (Å²) in [7, 11) is 0. The minimum atomic E-state index is -0.0514. The number of anilines is 1. The van der Waals surface area contributed by atoms with Gasteiger partial charge in [-0.15, -0.1) is 0 Å². The quantitative estimate of drug-likeness (QED) is 0.825. The van der Waals surface area contributed by atoms with Crippen molar-refractivity contribution in [3.8, 4) is 5.75 Å². The number of carbonyl (C=O) groups excluding carboxylic acids is 2. The Morgan fingerprint density at radius 1 is 1.04 bits per heavy atom. The first-order chi connectivity index (χ1) is 13.5. The van der Waals surface area contributed by atoms with Crippen LogP contribution in [0.15, 0.2) is 48.5 Å². The number of piperidine rings is 1. The zero-order chi connectivity index (χ0) is 19.9. The van der Waals surface area contributed by atoms with Crippen LogP contribution in [0.4, 0.5) is 5.69 Å². The molecule has 0 bridgehead atoms. The van der Waals surface area contributed by atoms with Gasteiger partial charge < -0.3 is 15.0 Å². The lowest BCUT2D eigenvalue weighted by atomic mass is 9.95. The van der Waals surface area contributed by atoms with Crippen LogP contribution in [0.25, 0.3) is 0 Å². The molecule has 0 spiro atoms. The molecular weight excluding hydrogens is 352 g/mol. The van der Waals surface area contributed by atoms with Crippen LogP contribution in [0.2, 0.25) is 0 Å². The van der Waals surface area contributed by atoms with E-state index in [2.05, 4.69) is 5.32 Å². The van der Waals surface area contributed by atoms with Gasteiger partial charge >= 0.3 is 0 Å². The number of carbonyl (C=O) groups is 2. The summed E-state index contributed by atoms with van der Waals surface area (Å²) >= 11 is 0. The van der Waals surface area contributed by atoms with E-state index in [1.54, 1.807) is 0 Å². The fourth-order valence-corrected chi connectivity index (χ4v) is 3.44. The molecule has 28 heavy (non-hydrogen) atoms. The van der Waals surface area contributed by atoms with Gasteiger partial charge in [0.25, 0.3) is 0 Å². The summed E-state index contributed by atoms with van der Waals surface area (Å²) in [5.74, 6) is 0.860. The van der Waals surface area contributed by atoms with Crippen LogP contribution >= 0.6 is 0 Å². The maximum atomic E-state index is 12.6. The first-order valence-corrected chi connectivity index (χ1v) is 9.87. The predicted molar refractivity (Wildman–Crippen MR) is 110 cm³/mol. The van der Waals surface area contributed by atoms with Gasteiger partial charge in [0, 0.05) is 24.7 Å². The molecule has 2 amide bonds. The molecule has 0 unspecified atom stereocenters. The molecule has 0 aromatic heterocycles. The van der Waals surface area contributed by atoms with Crippen molar-refractivity contribution in [3.63, 3.8) is 0 Å². The first-order valence-electron chi connectivity index (χ1n) is 9.87. The van der Waals surface area contributed by atoms with Crippen LogP contribution in [-0.4, -0.2) is 36.4 Å². The van der Waals surface area contributed by atoms with Gasteiger partial charge in [0.1, 0.15) is 5.75 Å². The van der Waals surface area contributed by atoms with Gasteiger partial charge in [-0.25, -0.2) is 0 Å². The summed E-state index contributed by atoms with van der Waals surface area (Å²) in [6.45, 7) is 5.67. The molecule has 2 aromatic rings. The van der Waals surface area contributed by atoms with Crippen molar-refractivity contribution in [1.82, 2.24) is 4.90 Å². The van der Waals surface area contributed by atoms with Crippen LogP contribution in [0.5, 0.6) is 5.75 Å². The highest BCUT2D eigenvalue weighted by Gasteiger charge is 2.27. The van der Waals surface area contributed by atoms with Crippen molar-refractivity contribution in [3.05, 3.63) is 59.7 Å². The molecule has 5 heteroatoms. The number of rotatable bonds is 6. The normalized spacial score (nSPS) is 14.6. The second kappa shape index (κ2) is 9.40. The molecule has 1 saturated heterocycles. The number of likely N-dealkylation sites (tertiary alicyclic amines) is 1. The SMILES string of the molecule is Cc1cccc(NC(=O)C2CCN(C(=O)CCOc3ccccc3)CC2)c1C. The van der Waals surface area contributed by atoms with E-state index < -0.39 is 0 Å². The molecule has 1 aliphatic heterocycles. The van der Waals surface area contributed by atoms with Crippen molar-refractivity contribution in [2.24, 2.45) is 5.92 Å². The topological polar surface area (TPSA) is 58.6 Å². The highest BCUT2D eigenvalue weighted by atomic mass is 16.5. The molecule has 1 fully saturated rings. The largest absolute Gasteiger partial charge is 0.493 e. The maximum absolute atomic E-state index is 12.6. The minimum Gasteiger partial charge on any atom is -0.493 e. The number of nitrogens with zero attached hydrogens (tertiary/aromatic N) is 1. The van der Waals surface area contributed by atoms with Gasteiger partial charge in [-0.2, -0.15) is 0 Å². The average molecular weight is 380 g/mol. The van der Waals surface area contributed by atoms with E-state index in [1.807, 2.05) is 67.3 Å². The Bertz CT molecular complexity index is 812. The van der Waals surface area contributed by atoms with Crippen LogP contribution in [0.3, 0.4) is 0 Å². The van der Waals surface area contributed by atoms with Crippen molar-refractivity contribution in [2.45, 2.75) is 33.1 Å². The summed E-state index contributed by atoms with van der Waals surface area (Å²) in [6, 6.07) is 15.4. The molecule has 148 valence electrons. The highest BCUT2D eigenvalue weighted by molar-refractivity contribution is 5.93. The van der Waals surface area contributed by atoms with Gasteiger partial charge in [0.05, 0.1) is 13.0 Å². The molecule has 1 aliphatic rings. The fourth-order valence-electron chi connectivity index (χ4n) is 3.44. The third-order valence-electron chi connectivity index (χ3n) is 5.41. The number of amides is 2. The van der Waals surface area contributed by atoms with E-state index in [9.17, 15) is 9.59 Å². The van der Waals surface area contributed by atoms with E-state index in [-0.39, 0.29) is 17.7 Å². The standard InChI is InChI=1S/C23H28N2O3/c1-17-7-6-10-21(18(17)2)24-23(27)19-11-14-25(15-12-19)22(26)13-16-28-20-8-4-3-5-9-20/h3-10,19H,11-16H2,1-2H3,(H,24,27). The summed E-state index contributed by atoms with van der Waals surface area (Å²) < 4.78 is 5.60. The smallest absolute Gasteiger partial charge is 0.227 e. The van der Waals surface area contributed by atoms with Gasteiger partial charge in [-0.05, 0) is 56.0 Å². The monoisotopic (exact) mass is 380 g/mol. The van der Waals surface area contributed by atoms with Crippen molar-refractivity contribution in [1.29, 1.82) is 0 Å². The lowest BCUT2D eigenvalue weighted by Gasteiger charge is -2.31. The van der Waals surface area contributed by atoms with Gasteiger partial charge in [-0.3, -0.25) is 9.59 Å². The van der Waals surface area contributed by atoms with E-state index >= 15 is 0 Å². The second-order valence-corrected chi connectivity index (χ2v) is 7.30. The zero-order valence-corrected chi connectivity index (χ0v) is 16.6. The molecule has 0 aliphatic carbocycles. The number of para-hydroxylation sites is 1. The van der Waals surface area contributed by atoms with Crippen LogP contribution in [0.1, 0.15) is 30.4 Å². The summed E-state index contributed by atoms with van der Waals surface area (Å²) in [5.41, 5.74) is 3.14. The summed E-state index contributed by atoms with van der Waals surface area (Å²) in [4.78, 5) is 26.8. The third kappa shape index (κ3) is 5.12. The molecule has 2 aromatic carbocycles. The van der Waals surface area contributed by atoms with Crippen LogP contribution < -0.4 is 10.1 Å². The van der Waals surface area contributed by atoms with E-state index in [0.29, 0.717) is 39.0 Å². The molecule has 3 rings (SSSR count). The average Bonchev–Trinajstić information content (AvgIpc) is 2.72. The Labute approximate surface area is 166 Å². The number of aryl methyl sites for hydroxylation is 1. The van der Waals surface area contributed by atoms with Crippen LogP contribution in [0, 0.1) is 19.8 Å². The summed E-state index contributed by atoms with van der Waals surface area (Å²) in [5, 5.41) is 3.05. The summed E-state index contributed by atoms with van der Waals surface area (Å²) in [6.07, 6.45) is 1.75. The minimum absolute atomic E-state index is 0.0493. The van der Waals surface area contributed by atoms with E-state index in [1.165, 1.54) is 0 Å². The molecule has 1 N–H and O–H groups in total. The predicted octanol–water partition coefficient (Wildman–Crippen LogP) is 3.95.